The van der Waals surface area contributed by atoms with Crippen LogP contribution >= 0.6 is 0 Å². The molecule has 0 aliphatic carbocycles. The molecule has 33 heavy (non-hydrogen) atoms. The van der Waals surface area contributed by atoms with Gasteiger partial charge in [0.2, 0.25) is 0 Å². The Kier molecular flexibility index (Phi) is 5.92. The number of hydroxylamine groups is 2. The monoisotopic (exact) mass is 455 g/mol. The van der Waals surface area contributed by atoms with Crippen molar-refractivity contribution in [3.05, 3.63) is 52.9 Å². The molecule has 2 aliphatic heterocycles. The van der Waals surface area contributed by atoms with Crippen LogP contribution in [-0.4, -0.2) is 57.2 Å². The maximum atomic E-state index is 12.6. The number of carbonyl (C=O) groups is 4. The summed E-state index contributed by atoms with van der Waals surface area (Å²) < 4.78 is 10.8. The molecule has 3 heterocycles. The van der Waals surface area contributed by atoms with Crippen molar-refractivity contribution in [3.63, 3.8) is 0 Å². The van der Waals surface area contributed by atoms with Crippen molar-refractivity contribution in [1.29, 1.82) is 0 Å². The molecule has 1 aromatic heterocycles. The number of piperidine rings is 1. The van der Waals surface area contributed by atoms with Gasteiger partial charge in [-0.25, -0.2) is 9.59 Å². The number of rotatable bonds is 4. The number of ether oxygens (including phenoxy) is 1. The third-order valence-corrected chi connectivity index (χ3v) is 5.39. The molecule has 0 saturated carbocycles. The summed E-state index contributed by atoms with van der Waals surface area (Å²) in [7, 11) is 0. The molecular formula is C23H25N3O7. The molecule has 1 aromatic carbocycles. The Hall–Kier alpha value is -3.69. The van der Waals surface area contributed by atoms with Gasteiger partial charge in [0.05, 0.1) is 11.1 Å². The van der Waals surface area contributed by atoms with Crippen molar-refractivity contribution in [2.75, 3.05) is 6.54 Å². The molecule has 0 N–H and O–H groups in total. The van der Waals surface area contributed by atoms with E-state index in [-0.39, 0.29) is 22.9 Å². The average Bonchev–Trinajstić information content (AvgIpc) is 3.32. The summed E-state index contributed by atoms with van der Waals surface area (Å²) >= 11 is 0. The summed E-state index contributed by atoms with van der Waals surface area (Å²) in [6.45, 7) is 6.01. The average molecular weight is 455 g/mol. The fourth-order valence-electron chi connectivity index (χ4n) is 3.89. The largest absolute Gasteiger partial charge is 0.444 e. The van der Waals surface area contributed by atoms with Crippen molar-refractivity contribution in [3.8, 4) is 0 Å². The van der Waals surface area contributed by atoms with Crippen molar-refractivity contribution < 1.29 is 33.3 Å². The molecule has 3 amide bonds. The van der Waals surface area contributed by atoms with E-state index in [0.717, 1.165) is 19.3 Å². The van der Waals surface area contributed by atoms with Gasteiger partial charge in [0.1, 0.15) is 11.4 Å². The standard InChI is InChI=1S/C23H25N3O7/c1-23(2,3)31-22(30)25-11-7-6-8-14(25)12-15-13-18(24-32-15)21(29)33-26-19(27)16-9-4-5-10-17(16)20(26)28/h4-5,9-10,13-14H,6-8,11-12H2,1-3H3. The van der Waals surface area contributed by atoms with E-state index in [2.05, 4.69) is 5.16 Å². The van der Waals surface area contributed by atoms with Gasteiger partial charge >= 0.3 is 12.1 Å². The first-order valence-electron chi connectivity index (χ1n) is 10.8. The van der Waals surface area contributed by atoms with E-state index in [1.54, 1.807) is 17.0 Å². The zero-order valence-corrected chi connectivity index (χ0v) is 18.7. The quantitative estimate of drug-likeness (QED) is 0.644. The normalized spacial score (nSPS) is 18.3. The first kappa shape index (κ1) is 22.5. The smallest absolute Gasteiger partial charge is 0.410 e. The van der Waals surface area contributed by atoms with Crippen LogP contribution in [0, 0.1) is 0 Å². The second-order valence-corrected chi connectivity index (χ2v) is 9.03. The number of benzene rings is 1. The maximum absolute atomic E-state index is 12.6. The van der Waals surface area contributed by atoms with E-state index < -0.39 is 29.5 Å². The van der Waals surface area contributed by atoms with Crippen LogP contribution in [0.3, 0.4) is 0 Å². The van der Waals surface area contributed by atoms with Crippen molar-refractivity contribution in [2.24, 2.45) is 0 Å². The number of imide groups is 1. The number of fused-ring (bicyclic) bond motifs is 1. The highest BCUT2D eigenvalue weighted by Gasteiger charge is 2.39. The first-order valence-corrected chi connectivity index (χ1v) is 10.8. The predicted molar refractivity (Wildman–Crippen MR) is 113 cm³/mol. The van der Waals surface area contributed by atoms with Gasteiger partial charge < -0.3 is 19.0 Å². The van der Waals surface area contributed by atoms with E-state index in [1.807, 2.05) is 20.8 Å². The van der Waals surface area contributed by atoms with Gasteiger partial charge in [-0.2, -0.15) is 0 Å². The van der Waals surface area contributed by atoms with Gasteiger partial charge in [-0.05, 0) is 52.2 Å². The van der Waals surface area contributed by atoms with E-state index in [1.165, 1.54) is 18.2 Å². The second-order valence-electron chi connectivity index (χ2n) is 9.03. The second kappa shape index (κ2) is 8.68. The van der Waals surface area contributed by atoms with E-state index in [0.29, 0.717) is 23.8 Å². The van der Waals surface area contributed by atoms with Gasteiger partial charge in [-0.15, -0.1) is 0 Å². The Morgan fingerprint density at radius 2 is 1.79 bits per heavy atom. The van der Waals surface area contributed by atoms with Crippen LogP contribution in [-0.2, 0) is 16.0 Å². The molecule has 1 fully saturated rings. The molecule has 2 aromatic rings. The molecule has 10 heteroatoms. The Balaban J connectivity index is 1.41. The van der Waals surface area contributed by atoms with Crippen LogP contribution in [0.4, 0.5) is 4.79 Å². The molecule has 1 atom stereocenters. The van der Waals surface area contributed by atoms with Gasteiger partial charge in [-0.3, -0.25) is 9.59 Å². The summed E-state index contributed by atoms with van der Waals surface area (Å²) in [5.74, 6) is -2.05. The molecule has 2 aliphatic rings. The summed E-state index contributed by atoms with van der Waals surface area (Å²) in [4.78, 5) is 56.5. The van der Waals surface area contributed by atoms with E-state index in [9.17, 15) is 19.2 Å². The molecular weight excluding hydrogens is 430 g/mol. The van der Waals surface area contributed by atoms with Crippen molar-refractivity contribution in [2.45, 2.75) is 58.1 Å². The summed E-state index contributed by atoms with van der Waals surface area (Å²) in [5.41, 5.74) is -0.459. The Morgan fingerprint density at radius 1 is 1.12 bits per heavy atom. The zero-order valence-electron chi connectivity index (χ0n) is 18.7. The fourth-order valence-corrected chi connectivity index (χ4v) is 3.89. The van der Waals surface area contributed by atoms with Crippen LogP contribution in [0.2, 0.25) is 0 Å². The lowest BCUT2D eigenvalue weighted by Crippen LogP contribution is -2.47. The summed E-state index contributed by atoms with van der Waals surface area (Å²) in [6.07, 6.45) is 2.54. The molecule has 0 radical (unpaired) electrons. The lowest BCUT2D eigenvalue weighted by atomic mass is 9.98. The van der Waals surface area contributed by atoms with E-state index in [4.69, 9.17) is 14.1 Å². The van der Waals surface area contributed by atoms with Crippen LogP contribution in [0.15, 0.2) is 34.9 Å². The van der Waals surface area contributed by atoms with Crippen LogP contribution < -0.4 is 0 Å². The number of hydrogen-bond acceptors (Lipinski definition) is 8. The first-order chi connectivity index (χ1) is 15.6. The molecule has 1 saturated heterocycles. The Morgan fingerprint density at radius 3 is 2.42 bits per heavy atom. The molecule has 174 valence electrons. The van der Waals surface area contributed by atoms with Crippen molar-refractivity contribution >= 4 is 23.9 Å². The minimum Gasteiger partial charge on any atom is -0.444 e. The van der Waals surface area contributed by atoms with E-state index >= 15 is 0 Å². The highest BCUT2D eigenvalue weighted by Crippen LogP contribution is 2.25. The number of amides is 3. The third-order valence-electron chi connectivity index (χ3n) is 5.39. The molecule has 10 nitrogen and oxygen atoms in total. The van der Waals surface area contributed by atoms with Gasteiger partial charge in [0, 0.05) is 25.1 Å². The lowest BCUT2D eigenvalue weighted by molar-refractivity contribution is -0.0590. The zero-order chi connectivity index (χ0) is 23.8. The number of likely N-dealkylation sites (tertiary alicyclic amines) is 1. The van der Waals surface area contributed by atoms with Crippen molar-refractivity contribution in [1.82, 2.24) is 15.1 Å². The highest BCUT2D eigenvalue weighted by atomic mass is 16.7. The molecule has 0 bridgehead atoms. The Labute approximate surface area is 190 Å². The number of nitrogens with zero attached hydrogens (tertiary/aromatic N) is 3. The highest BCUT2D eigenvalue weighted by molar-refractivity contribution is 6.21. The van der Waals surface area contributed by atoms with Gasteiger partial charge in [0.15, 0.2) is 5.69 Å². The topological polar surface area (TPSA) is 119 Å². The lowest BCUT2D eigenvalue weighted by Gasteiger charge is -2.36. The SMILES string of the molecule is CC(C)(C)OC(=O)N1CCCCC1Cc1cc(C(=O)ON2C(=O)c3ccccc3C2=O)no1. The predicted octanol–water partition coefficient (Wildman–Crippen LogP) is 3.37. The number of carbonyl (C=O) groups excluding carboxylic acids is 4. The minimum atomic E-state index is -0.993. The molecule has 1 unspecified atom stereocenters. The molecule has 4 rings (SSSR count). The molecule has 0 spiro atoms. The van der Waals surface area contributed by atoms with Gasteiger partial charge in [-0.1, -0.05) is 22.4 Å². The number of aromatic nitrogens is 1. The maximum Gasteiger partial charge on any atom is 0.410 e. The van der Waals surface area contributed by atoms with Crippen LogP contribution in [0.25, 0.3) is 0 Å². The summed E-state index contributed by atoms with van der Waals surface area (Å²) in [6, 6.07) is 7.43. The number of hydrogen-bond donors (Lipinski definition) is 0. The fraction of sp³-hybridized carbons (Fsp3) is 0.435. The van der Waals surface area contributed by atoms with Crippen LogP contribution in [0.1, 0.15) is 77.0 Å². The summed E-state index contributed by atoms with van der Waals surface area (Å²) in [5, 5.41) is 4.14. The van der Waals surface area contributed by atoms with Crippen LogP contribution in [0.5, 0.6) is 0 Å². The third kappa shape index (κ3) is 4.74. The minimum absolute atomic E-state index is 0.163. The Bertz CT molecular complexity index is 1070. The van der Waals surface area contributed by atoms with Gasteiger partial charge in [0.25, 0.3) is 11.8 Å².